The number of para-hydroxylation sites is 1. The third-order valence-corrected chi connectivity index (χ3v) is 5.46. The number of carbonyl (C=O) groups is 1. The van der Waals surface area contributed by atoms with Gasteiger partial charge in [-0.3, -0.25) is 9.59 Å². The molecule has 148 valence electrons. The van der Waals surface area contributed by atoms with E-state index in [1.165, 1.54) is 16.8 Å². The Labute approximate surface area is 178 Å². The lowest BCUT2D eigenvalue weighted by atomic mass is 10.2. The van der Waals surface area contributed by atoms with Crippen molar-refractivity contribution >= 4 is 23.4 Å². The van der Waals surface area contributed by atoms with Crippen LogP contribution in [0.2, 0.25) is 0 Å². The summed E-state index contributed by atoms with van der Waals surface area (Å²) < 4.78 is 1.30. The third-order valence-electron chi connectivity index (χ3n) is 4.38. The first-order valence-corrected chi connectivity index (χ1v) is 10.3. The number of aromatic nitrogens is 2. The van der Waals surface area contributed by atoms with Crippen LogP contribution in [0.1, 0.15) is 16.1 Å². The molecule has 0 spiro atoms. The molecule has 0 bridgehead atoms. The molecule has 0 saturated heterocycles. The predicted octanol–water partition coefficient (Wildman–Crippen LogP) is 4.70. The molecule has 6 heteroatoms. The highest BCUT2D eigenvalue weighted by molar-refractivity contribution is 7.99. The smallest absolute Gasteiger partial charge is 0.276 e. The van der Waals surface area contributed by atoms with E-state index in [0.717, 1.165) is 15.4 Å². The van der Waals surface area contributed by atoms with E-state index in [0.29, 0.717) is 12.2 Å². The van der Waals surface area contributed by atoms with Gasteiger partial charge in [0.05, 0.1) is 12.2 Å². The normalized spacial score (nSPS) is 10.5. The molecule has 0 aliphatic heterocycles. The Hall–Kier alpha value is -3.64. The summed E-state index contributed by atoms with van der Waals surface area (Å²) in [5.74, 6) is -0.363. The Morgan fingerprint density at radius 1 is 0.833 bits per heavy atom. The zero-order valence-corrected chi connectivity index (χ0v) is 16.9. The number of amides is 1. The standard InChI is InChI=1S/C24H19N3O2S/c28-23-16-15-21(26-27(23)17-18-9-3-1-4-10-18)24(29)25-20-13-7-8-14-22(20)30-19-11-5-2-6-12-19/h1-16H,17H2,(H,25,29). The highest BCUT2D eigenvalue weighted by atomic mass is 32.2. The van der Waals surface area contributed by atoms with Gasteiger partial charge < -0.3 is 5.32 Å². The fourth-order valence-electron chi connectivity index (χ4n) is 2.90. The summed E-state index contributed by atoms with van der Waals surface area (Å²) >= 11 is 1.57. The van der Waals surface area contributed by atoms with Gasteiger partial charge in [-0.2, -0.15) is 5.10 Å². The summed E-state index contributed by atoms with van der Waals surface area (Å²) in [4.78, 5) is 27.0. The van der Waals surface area contributed by atoms with Crippen LogP contribution < -0.4 is 10.9 Å². The van der Waals surface area contributed by atoms with Crippen molar-refractivity contribution in [3.05, 3.63) is 119 Å². The highest BCUT2D eigenvalue weighted by Gasteiger charge is 2.13. The molecule has 3 aromatic carbocycles. The minimum Gasteiger partial charge on any atom is -0.320 e. The molecule has 0 aliphatic carbocycles. The van der Waals surface area contributed by atoms with E-state index >= 15 is 0 Å². The molecule has 4 rings (SSSR count). The minimum atomic E-state index is -0.363. The van der Waals surface area contributed by atoms with Crippen LogP contribution in [0.25, 0.3) is 0 Å². The Morgan fingerprint density at radius 2 is 1.50 bits per heavy atom. The summed E-state index contributed by atoms with van der Waals surface area (Å²) in [7, 11) is 0. The van der Waals surface area contributed by atoms with Gasteiger partial charge in [0, 0.05) is 15.9 Å². The van der Waals surface area contributed by atoms with Gasteiger partial charge >= 0.3 is 0 Å². The monoisotopic (exact) mass is 413 g/mol. The number of nitrogens with one attached hydrogen (secondary N) is 1. The molecule has 0 aliphatic rings. The van der Waals surface area contributed by atoms with Crippen molar-refractivity contribution in [2.75, 3.05) is 5.32 Å². The summed E-state index contributed by atoms with van der Waals surface area (Å²) in [6.07, 6.45) is 0. The van der Waals surface area contributed by atoms with E-state index in [4.69, 9.17) is 0 Å². The Balaban J connectivity index is 1.55. The molecule has 1 amide bonds. The van der Waals surface area contributed by atoms with Gasteiger partial charge in [0.2, 0.25) is 0 Å². The van der Waals surface area contributed by atoms with Crippen molar-refractivity contribution in [1.29, 1.82) is 0 Å². The first-order chi connectivity index (χ1) is 14.7. The van der Waals surface area contributed by atoms with Crippen LogP contribution in [0.15, 0.2) is 112 Å². The van der Waals surface area contributed by atoms with E-state index in [-0.39, 0.29) is 17.2 Å². The van der Waals surface area contributed by atoms with E-state index in [1.54, 1.807) is 11.8 Å². The minimum absolute atomic E-state index is 0.185. The van der Waals surface area contributed by atoms with E-state index in [2.05, 4.69) is 10.4 Å². The third kappa shape index (κ3) is 4.85. The molecule has 30 heavy (non-hydrogen) atoms. The van der Waals surface area contributed by atoms with Gasteiger partial charge in [-0.15, -0.1) is 0 Å². The summed E-state index contributed by atoms with van der Waals surface area (Å²) in [6.45, 7) is 0.307. The first-order valence-electron chi connectivity index (χ1n) is 9.44. The first kappa shape index (κ1) is 19.7. The van der Waals surface area contributed by atoms with Gasteiger partial charge in [-0.25, -0.2) is 4.68 Å². The lowest BCUT2D eigenvalue weighted by molar-refractivity contribution is 0.101. The van der Waals surface area contributed by atoms with Gasteiger partial charge in [0.15, 0.2) is 0 Å². The quantitative estimate of drug-likeness (QED) is 0.498. The van der Waals surface area contributed by atoms with Gasteiger partial charge in [-0.1, -0.05) is 72.4 Å². The van der Waals surface area contributed by atoms with E-state index in [1.807, 2.05) is 84.9 Å². The summed E-state index contributed by atoms with van der Waals surface area (Å²) in [5, 5.41) is 7.18. The van der Waals surface area contributed by atoms with Gasteiger partial charge in [0.1, 0.15) is 5.69 Å². The second-order valence-corrected chi connectivity index (χ2v) is 7.68. The average molecular weight is 414 g/mol. The van der Waals surface area contributed by atoms with Crippen molar-refractivity contribution in [3.8, 4) is 0 Å². The van der Waals surface area contributed by atoms with Crippen molar-refractivity contribution < 1.29 is 4.79 Å². The zero-order valence-electron chi connectivity index (χ0n) is 16.1. The molecule has 1 aromatic heterocycles. The summed E-state index contributed by atoms with van der Waals surface area (Å²) in [5.41, 5.74) is 1.56. The predicted molar refractivity (Wildman–Crippen MR) is 119 cm³/mol. The van der Waals surface area contributed by atoms with Gasteiger partial charge in [-0.05, 0) is 35.9 Å². The van der Waals surface area contributed by atoms with Crippen LogP contribution in [-0.2, 0) is 6.54 Å². The molecule has 0 fully saturated rings. The number of hydrogen-bond acceptors (Lipinski definition) is 4. The number of benzene rings is 3. The average Bonchev–Trinajstić information content (AvgIpc) is 2.78. The molecular formula is C24H19N3O2S. The number of rotatable bonds is 6. The second-order valence-electron chi connectivity index (χ2n) is 6.57. The Morgan fingerprint density at radius 3 is 2.27 bits per heavy atom. The van der Waals surface area contributed by atoms with Crippen molar-refractivity contribution in [2.24, 2.45) is 0 Å². The molecule has 0 atom stereocenters. The van der Waals surface area contributed by atoms with Crippen LogP contribution >= 0.6 is 11.8 Å². The molecule has 1 N–H and O–H groups in total. The van der Waals surface area contributed by atoms with Crippen LogP contribution in [0.4, 0.5) is 5.69 Å². The maximum atomic E-state index is 12.8. The fourth-order valence-corrected chi connectivity index (χ4v) is 3.82. The SMILES string of the molecule is O=C(Nc1ccccc1Sc1ccccc1)c1ccc(=O)n(Cc2ccccc2)n1. The molecule has 4 aromatic rings. The molecule has 5 nitrogen and oxygen atoms in total. The Kier molecular flexibility index (Phi) is 6.06. The lowest BCUT2D eigenvalue weighted by Gasteiger charge is -2.11. The van der Waals surface area contributed by atoms with Gasteiger partial charge in [0.25, 0.3) is 11.5 Å². The fraction of sp³-hybridized carbons (Fsp3) is 0.0417. The topological polar surface area (TPSA) is 64.0 Å². The Bertz CT molecular complexity index is 1210. The molecule has 0 radical (unpaired) electrons. The van der Waals surface area contributed by atoms with Crippen molar-refractivity contribution in [2.45, 2.75) is 16.3 Å². The van der Waals surface area contributed by atoms with Crippen LogP contribution in [0.5, 0.6) is 0 Å². The van der Waals surface area contributed by atoms with Crippen molar-refractivity contribution in [1.82, 2.24) is 9.78 Å². The van der Waals surface area contributed by atoms with E-state index < -0.39 is 0 Å². The molecular weight excluding hydrogens is 394 g/mol. The molecule has 1 heterocycles. The lowest BCUT2D eigenvalue weighted by Crippen LogP contribution is -2.26. The number of hydrogen-bond donors (Lipinski definition) is 1. The number of nitrogens with zero attached hydrogens (tertiary/aromatic N) is 2. The molecule has 0 unspecified atom stereocenters. The van der Waals surface area contributed by atoms with Crippen molar-refractivity contribution in [3.63, 3.8) is 0 Å². The van der Waals surface area contributed by atoms with Crippen LogP contribution in [-0.4, -0.2) is 15.7 Å². The van der Waals surface area contributed by atoms with E-state index in [9.17, 15) is 9.59 Å². The van der Waals surface area contributed by atoms with Crippen LogP contribution in [0.3, 0.4) is 0 Å². The molecule has 0 saturated carbocycles. The second kappa shape index (κ2) is 9.24. The zero-order chi connectivity index (χ0) is 20.8. The number of anilines is 1. The highest BCUT2D eigenvalue weighted by Crippen LogP contribution is 2.33. The van der Waals surface area contributed by atoms with Crippen LogP contribution in [0, 0.1) is 0 Å². The largest absolute Gasteiger partial charge is 0.320 e. The summed E-state index contributed by atoms with van der Waals surface area (Å²) in [6, 6.07) is 29.9. The maximum absolute atomic E-state index is 12.8. The maximum Gasteiger partial charge on any atom is 0.276 e. The number of carbonyl (C=O) groups excluding carboxylic acids is 1.